The lowest BCUT2D eigenvalue weighted by molar-refractivity contribution is 0.0938. The maximum Gasteiger partial charge on any atom is 0.319 e. The molecule has 0 bridgehead atoms. The first-order chi connectivity index (χ1) is 15.5. The van der Waals surface area contributed by atoms with Crippen LogP contribution in [0, 0.1) is 6.92 Å². The molecule has 1 aliphatic rings. The summed E-state index contributed by atoms with van der Waals surface area (Å²) in [5, 5.41) is 17.0. The minimum Gasteiger partial charge on any atom is -0.495 e. The Bertz CT molecular complexity index is 1120. The van der Waals surface area contributed by atoms with Gasteiger partial charge >= 0.3 is 6.03 Å². The van der Waals surface area contributed by atoms with Gasteiger partial charge in [-0.1, -0.05) is 24.1 Å². The van der Waals surface area contributed by atoms with Crippen LogP contribution in [-0.4, -0.2) is 46.6 Å². The average molecular weight is 437 g/mol. The molecule has 0 spiro atoms. The summed E-state index contributed by atoms with van der Waals surface area (Å²) in [6, 6.07) is 10.9. The number of hydrogen-bond acceptors (Lipinski definition) is 5. The lowest BCUT2D eigenvalue weighted by Gasteiger charge is -2.12. The zero-order valence-corrected chi connectivity index (χ0v) is 18.4. The zero-order valence-electron chi connectivity index (χ0n) is 18.4. The smallest absolute Gasteiger partial charge is 0.319 e. The second kappa shape index (κ2) is 9.67. The highest BCUT2D eigenvalue weighted by Gasteiger charge is 2.18. The lowest BCUT2D eigenvalue weighted by Crippen LogP contribution is -2.32. The number of nitrogens with one attached hydrogen (secondary N) is 3. The molecule has 0 radical (unpaired) electrons. The number of hydrogen-bond donors (Lipinski definition) is 3. The molecule has 1 aliphatic carbocycles. The standard InChI is InChI=1S/C23H28N6O3/c1-15-7-10-21(32-2)19(13-15)26-23(31)24-11-12-29-20-9-8-16(14-18(20)27-28-29)22(30)25-17-5-3-4-6-17/h7-10,13-14,17H,3-6,11-12H2,1-2H3,(H,25,30)(H2,24,26,31). The van der Waals surface area contributed by atoms with Crippen LogP contribution < -0.4 is 20.7 Å². The molecule has 9 heteroatoms. The Morgan fingerprint density at radius 1 is 1.16 bits per heavy atom. The fraction of sp³-hybridized carbons (Fsp3) is 0.391. The van der Waals surface area contributed by atoms with E-state index in [1.807, 2.05) is 31.2 Å². The van der Waals surface area contributed by atoms with Crippen LogP contribution >= 0.6 is 0 Å². The number of nitrogens with zero attached hydrogens (tertiary/aromatic N) is 3. The van der Waals surface area contributed by atoms with E-state index < -0.39 is 0 Å². The van der Waals surface area contributed by atoms with E-state index in [0.29, 0.717) is 35.6 Å². The van der Waals surface area contributed by atoms with Gasteiger partial charge < -0.3 is 20.7 Å². The Balaban J connectivity index is 1.33. The van der Waals surface area contributed by atoms with Crippen molar-refractivity contribution < 1.29 is 14.3 Å². The summed E-state index contributed by atoms with van der Waals surface area (Å²) in [6.07, 6.45) is 4.43. The number of aryl methyl sites for hydroxylation is 1. The van der Waals surface area contributed by atoms with Crippen molar-refractivity contribution in [2.24, 2.45) is 0 Å². The van der Waals surface area contributed by atoms with Crippen molar-refractivity contribution in [3.05, 3.63) is 47.5 Å². The quantitative estimate of drug-likeness (QED) is 0.527. The molecule has 4 rings (SSSR count). The molecule has 0 unspecified atom stereocenters. The Morgan fingerprint density at radius 3 is 2.75 bits per heavy atom. The largest absolute Gasteiger partial charge is 0.495 e. The van der Waals surface area contributed by atoms with Crippen LogP contribution in [0.1, 0.15) is 41.6 Å². The molecule has 1 fully saturated rings. The van der Waals surface area contributed by atoms with E-state index in [-0.39, 0.29) is 18.0 Å². The molecule has 3 aromatic rings. The van der Waals surface area contributed by atoms with E-state index in [9.17, 15) is 9.59 Å². The number of carbonyl (C=O) groups is 2. The van der Waals surface area contributed by atoms with Crippen molar-refractivity contribution in [3.8, 4) is 5.75 Å². The number of rotatable bonds is 7. The summed E-state index contributed by atoms with van der Waals surface area (Å²) in [5.41, 5.74) is 3.68. The highest BCUT2D eigenvalue weighted by Crippen LogP contribution is 2.25. The van der Waals surface area contributed by atoms with Gasteiger partial charge in [0.25, 0.3) is 5.91 Å². The van der Waals surface area contributed by atoms with Gasteiger partial charge in [-0.05, 0) is 55.7 Å². The van der Waals surface area contributed by atoms with E-state index in [1.54, 1.807) is 23.9 Å². The molecule has 32 heavy (non-hydrogen) atoms. The number of methoxy groups -OCH3 is 1. The minimum atomic E-state index is -0.329. The number of amides is 3. The first-order valence-corrected chi connectivity index (χ1v) is 10.9. The van der Waals surface area contributed by atoms with E-state index >= 15 is 0 Å². The summed E-state index contributed by atoms with van der Waals surface area (Å²) < 4.78 is 6.99. The third-order valence-corrected chi connectivity index (χ3v) is 5.68. The maximum absolute atomic E-state index is 12.5. The van der Waals surface area contributed by atoms with E-state index in [1.165, 1.54) is 12.8 Å². The van der Waals surface area contributed by atoms with Crippen LogP contribution in [0.2, 0.25) is 0 Å². The van der Waals surface area contributed by atoms with Gasteiger partial charge in [0.1, 0.15) is 11.3 Å². The summed E-state index contributed by atoms with van der Waals surface area (Å²) in [6.45, 7) is 2.76. The first kappa shape index (κ1) is 21.6. The van der Waals surface area contributed by atoms with Crippen LogP contribution in [-0.2, 0) is 6.54 Å². The van der Waals surface area contributed by atoms with Gasteiger partial charge in [0.2, 0.25) is 0 Å². The lowest BCUT2D eigenvalue weighted by atomic mass is 10.1. The first-order valence-electron chi connectivity index (χ1n) is 10.9. The van der Waals surface area contributed by atoms with Crippen LogP contribution in [0.25, 0.3) is 11.0 Å². The molecule has 3 N–H and O–H groups in total. The Kier molecular flexibility index (Phi) is 6.53. The normalized spacial score (nSPS) is 13.8. The average Bonchev–Trinajstić information content (AvgIpc) is 3.43. The second-order valence-electron chi connectivity index (χ2n) is 8.06. The number of ether oxygens (including phenoxy) is 1. The monoisotopic (exact) mass is 436 g/mol. The molecule has 168 valence electrons. The summed E-state index contributed by atoms with van der Waals surface area (Å²) >= 11 is 0. The van der Waals surface area contributed by atoms with Gasteiger partial charge in [-0.2, -0.15) is 0 Å². The van der Waals surface area contributed by atoms with Crippen LogP contribution in [0.15, 0.2) is 36.4 Å². The molecule has 1 heterocycles. The predicted octanol–water partition coefficient (Wildman–Crippen LogP) is 3.24. The highest BCUT2D eigenvalue weighted by molar-refractivity contribution is 5.97. The predicted molar refractivity (Wildman–Crippen MR) is 122 cm³/mol. The number of aromatic nitrogens is 3. The van der Waals surface area contributed by atoms with E-state index in [4.69, 9.17) is 4.74 Å². The Morgan fingerprint density at radius 2 is 1.97 bits per heavy atom. The molecule has 3 amide bonds. The third kappa shape index (κ3) is 4.99. The van der Waals surface area contributed by atoms with E-state index in [2.05, 4.69) is 26.3 Å². The Hall–Kier alpha value is -3.62. The van der Waals surface area contributed by atoms with E-state index in [0.717, 1.165) is 23.9 Å². The van der Waals surface area contributed by atoms with Gasteiger partial charge in [0, 0.05) is 18.2 Å². The van der Waals surface area contributed by atoms with Crippen molar-refractivity contribution in [1.82, 2.24) is 25.6 Å². The van der Waals surface area contributed by atoms with Crippen molar-refractivity contribution >= 4 is 28.7 Å². The van der Waals surface area contributed by atoms with Crippen molar-refractivity contribution in [3.63, 3.8) is 0 Å². The van der Waals surface area contributed by atoms with Crippen molar-refractivity contribution in [2.75, 3.05) is 19.0 Å². The fourth-order valence-electron chi connectivity index (χ4n) is 3.98. The van der Waals surface area contributed by atoms with Crippen LogP contribution in [0.5, 0.6) is 5.75 Å². The Labute approximate surface area is 186 Å². The molecule has 9 nitrogen and oxygen atoms in total. The fourth-order valence-corrected chi connectivity index (χ4v) is 3.98. The zero-order chi connectivity index (χ0) is 22.5. The number of urea groups is 1. The summed E-state index contributed by atoms with van der Waals surface area (Å²) in [5.74, 6) is 0.527. The molecule has 0 saturated heterocycles. The van der Waals surface area contributed by atoms with Crippen molar-refractivity contribution in [1.29, 1.82) is 0 Å². The van der Waals surface area contributed by atoms with Crippen LogP contribution in [0.4, 0.5) is 10.5 Å². The van der Waals surface area contributed by atoms with Gasteiger partial charge in [-0.25, -0.2) is 9.48 Å². The third-order valence-electron chi connectivity index (χ3n) is 5.68. The summed E-state index contributed by atoms with van der Waals surface area (Å²) in [4.78, 5) is 24.8. The van der Waals surface area contributed by atoms with Crippen molar-refractivity contribution in [2.45, 2.75) is 45.2 Å². The summed E-state index contributed by atoms with van der Waals surface area (Å²) in [7, 11) is 1.56. The molecular weight excluding hydrogens is 408 g/mol. The molecule has 1 aromatic heterocycles. The minimum absolute atomic E-state index is 0.0711. The molecule has 0 aliphatic heterocycles. The maximum atomic E-state index is 12.5. The van der Waals surface area contributed by atoms with Crippen LogP contribution in [0.3, 0.4) is 0 Å². The van der Waals surface area contributed by atoms with Gasteiger partial charge in [-0.3, -0.25) is 4.79 Å². The number of benzene rings is 2. The molecule has 1 saturated carbocycles. The SMILES string of the molecule is COc1ccc(C)cc1NC(=O)NCCn1nnc2cc(C(=O)NC3CCCC3)ccc21. The highest BCUT2D eigenvalue weighted by atomic mass is 16.5. The number of carbonyl (C=O) groups excluding carboxylic acids is 2. The molecule has 2 aromatic carbocycles. The van der Waals surface area contributed by atoms with Gasteiger partial charge in [-0.15, -0.1) is 5.10 Å². The molecular formula is C23H28N6O3. The topological polar surface area (TPSA) is 110 Å². The van der Waals surface area contributed by atoms with Gasteiger partial charge in [0.05, 0.1) is 24.9 Å². The second-order valence-corrected chi connectivity index (χ2v) is 8.06. The number of anilines is 1. The van der Waals surface area contributed by atoms with Gasteiger partial charge in [0.15, 0.2) is 0 Å². The molecule has 0 atom stereocenters. The number of fused-ring (bicyclic) bond motifs is 1.